The van der Waals surface area contributed by atoms with Crippen LogP contribution in [0.5, 0.6) is 0 Å². The third kappa shape index (κ3) is 3.02. The topological polar surface area (TPSA) is 0 Å². The second kappa shape index (κ2) is 6.97. The molecular weight excluding hydrogens is 427 g/mol. The summed E-state index contributed by atoms with van der Waals surface area (Å²) in [5, 5.41) is 4.94. The predicted octanol–water partition coefficient (Wildman–Crippen LogP) is 7.28. The predicted molar refractivity (Wildman–Crippen MR) is 122 cm³/mol. The van der Waals surface area contributed by atoms with Gasteiger partial charge in [0, 0.05) is 9.13 Å². The van der Waals surface area contributed by atoms with E-state index in [-0.39, 0.29) is 0 Å². The SMILES string of the molecule is C#Cc1ccc2cc(-c3ccc4cc(I)ccc4c3)ccc2c1/C=C\C. The first kappa shape index (κ1) is 16.9. The van der Waals surface area contributed by atoms with E-state index >= 15 is 0 Å². The van der Waals surface area contributed by atoms with Crippen molar-refractivity contribution < 1.29 is 0 Å². The van der Waals surface area contributed by atoms with Crippen LogP contribution in [0.4, 0.5) is 0 Å². The Kier molecular flexibility index (Phi) is 4.53. The maximum absolute atomic E-state index is 5.67. The van der Waals surface area contributed by atoms with Crippen molar-refractivity contribution in [3.05, 3.63) is 87.5 Å². The zero-order valence-corrected chi connectivity index (χ0v) is 16.6. The smallest absolute Gasteiger partial charge is 0.0321 e. The lowest BCUT2D eigenvalue weighted by Crippen LogP contribution is -1.87. The van der Waals surface area contributed by atoms with Gasteiger partial charge in [0.05, 0.1) is 0 Å². The number of allylic oxidation sites excluding steroid dienone is 1. The van der Waals surface area contributed by atoms with Gasteiger partial charge in [0.1, 0.15) is 0 Å². The van der Waals surface area contributed by atoms with Gasteiger partial charge in [0.25, 0.3) is 0 Å². The fourth-order valence-corrected chi connectivity index (χ4v) is 3.92. The molecule has 0 bridgehead atoms. The second-order valence-electron chi connectivity index (χ2n) is 6.31. The Hall–Kier alpha value is -2.57. The van der Waals surface area contributed by atoms with Crippen LogP contribution in [0.3, 0.4) is 0 Å². The molecule has 0 nitrogen and oxygen atoms in total. The van der Waals surface area contributed by atoms with Crippen LogP contribution < -0.4 is 0 Å². The van der Waals surface area contributed by atoms with Crippen molar-refractivity contribution in [2.75, 3.05) is 0 Å². The molecular formula is C25H17I. The minimum atomic E-state index is 0.934. The largest absolute Gasteiger partial charge is 0.115 e. The Morgan fingerprint density at radius 2 is 1.46 bits per heavy atom. The first-order valence-corrected chi connectivity index (χ1v) is 9.63. The standard InChI is InChI=1S/C25H17I/c1-3-5-24-17(4-2)6-9-22-15-20(11-13-25(22)24)18-7-8-21-16-23(26)12-10-19(21)14-18/h2-3,5-16H,1H3/b5-3-. The van der Waals surface area contributed by atoms with Crippen LogP contribution in [-0.4, -0.2) is 0 Å². The highest BCUT2D eigenvalue weighted by Gasteiger charge is 2.06. The third-order valence-corrected chi connectivity index (χ3v) is 5.36. The summed E-state index contributed by atoms with van der Waals surface area (Å²) in [5.74, 6) is 2.79. The van der Waals surface area contributed by atoms with E-state index in [4.69, 9.17) is 6.42 Å². The van der Waals surface area contributed by atoms with Crippen LogP contribution in [0.2, 0.25) is 0 Å². The molecule has 0 fully saturated rings. The van der Waals surface area contributed by atoms with Crippen LogP contribution in [-0.2, 0) is 0 Å². The molecule has 0 unspecified atom stereocenters. The van der Waals surface area contributed by atoms with Crippen LogP contribution in [0.1, 0.15) is 18.1 Å². The zero-order chi connectivity index (χ0) is 18.1. The third-order valence-electron chi connectivity index (χ3n) is 4.69. The summed E-state index contributed by atoms with van der Waals surface area (Å²) in [4.78, 5) is 0. The van der Waals surface area contributed by atoms with Crippen molar-refractivity contribution in [2.24, 2.45) is 0 Å². The van der Waals surface area contributed by atoms with Gasteiger partial charge in [-0.15, -0.1) is 6.42 Å². The molecule has 1 heteroatoms. The minimum Gasteiger partial charge on any atom is -0.115 e. The van der Waals surface area contributed by atoms with Crippen molar-refractivity contribution in [1.29, 1.82) is 0 Å². The monoisotopic (exact) mass is 444 g/mol. The highest BCUT2D eigenvalue weighted by atomic mass is 127. The number of rotatable bonds is 2. The molecule has 4 aromatic carbocycles. The van der Waals surface area contributed by atoms with Crippen LogP contribution in [0.25, 0.3) is 38.7 Å². The lowest BCUT2D eigenvalue weighted by Gasteiger charge is -2.09. The van der Waals surface area contributed by atoms with E-state index < -0.39 is 0 Å². The van der Waals surface area contributed by atoms with Crippen molar-refractivity contribution >= 4 is 50.2 Å². The molecule has 4 rings (SSSR count). The molecule has 0 radical (unpaired) electrons. The Labute approximate surface area is 167 Å². The Bertz CT molecular complexity index is 1210. The molecule has 4 aromatic rings. The van der Waals surface area contributed by atoms with E-state index in [1.54, 1.807) is 0 Å². The second-order valence-corrected chi connectivity index (χ2v) is 7.56. The molecule has 0 aliphatic rings. The van der Waals surface area contributed by atoms with Gasteiger partial charge in [-0.2, -0.15) is 0 Å². The molecule has 0 aliphatic heterocycles. The maximum Gasteiger partial charge on any atom is 0.0321 e. The molecule has 0 saturated heterocycles. The van der Waals surface area contributed by atoms with Crippen molar-refractivity contribution in [2.45, 2.75) is 6.92 Å². The maximum atomic E-state index is 5.67. The zero-order valence-electron chi connectivity index (χ0n) is 14.5. The van der Waals surface area contributed by atoms with E-state index in [2.05, 4.69) is 95.3 Å². The number of halogens is 1. The normalized spacial score (nSPS) is 11.3. The Morgan fingerprint density at radius 1 is 0.808 bits per heavy atom. The van der Waals surface area contributed by atoms with Gasteiger partial charge in [-0.25, -0.2) is 0 Å². The van der Waals surface area contributed by atoms with Gasteiger partial charge < -0.3 is 0 Å². The lowest BCUT2D eigenvalue weighted by atomic mass is 9.94. The van der Waals surface area contributed by atoms with Gasteiger partial charge in [-0.3, -0.25) is 0 Å². The van der Waals surface area contributed by atoms with Crippen LogP contribution in [0, 0.1) is 15.9 Å². The molecule has 0 atom stereocenters. The summed E-state index contributed by atoms with van der Waals surface area (Å²) in [5.41, 5.74) is 4.50. The highest BCUT2D eigenvalue weighted by Crippen LogP contribution is 2.30. The fraction of sp³-hybridized carbons (Fsp3) is 0.0400. The molecule has 0 N–H and O–H groups in total. The fourth-order valence-electron chi connectivity index (χ4n) is 3.40. The van der Waals surface area contributed by atoms with Crippen molar-refractivity contribution in [3.63, 3.8) is 0 Å². The Balaban J connectivity index is 1.88. The highest BCUT2D eigenvalue weighted by molar-refractivity contribution is 14.1. The van der Waals surface area contributed by atoms with Crippen molar-refractivity contribution in [3.8, 4) is 23.5 Å². The minimum absolute atomic E-state index is 0.934. The number of benzene rings is 4. The van der Waals surface area contributed by atoms with Gasteiger partial charge in [0.15, 0.2) is 0 Å². The van der Waals surface area contributed by atoms with Gasteiger partial charge in [0.2, 0.25) is 0 Å². The molecule has 0 spiro atoms. The van der Waals surface area contributed by atoms with Gasteiger partial charge in [-0.05, 0) is 98.1 Å². The molecule has 124 valence electrons. The number of hydrogen-bond donors (Lipinski definition) is 0. The average Bonchev–Trinajstić information content (AvgIpc) is 2.67. The summed E-state index contributed by atoms with van der Waals surface area (Å²) in [6.45, 7) is 2.02. The summed E-state index contributed by atoms with van der Waals surface area (Å²) < 4.78 is 1.26. The quantitative estimate of drug-likeness (QED) is 0.225. The van der Waals surface area contributed by atoms with E-state index in [1.165, 1.54) is 36.2 Å². The Morgan fingerprint density at radius 3 is 2.23 bits per heavy atom. The first-order chi connectivity index (χ1) is 12.7. The van der Waals surface area contributed by atoms with E-state index in [0.717, 1.165) is 11.1 Å². The average molecular weight is 444 g/mol. The lowest BCUT2D eigenvalue weighted by molar-refractivity contribution is 1.62. The summed E-state index contributed by atoms with van der Waals surface area (Å²) >= 11 is 2.35. The summed E-state index contributed by atoms with van der Waals surface area (Å²) in [6.07, 6.45) is 9.80. The number of hydrogen-bond acceptors (Lipinski definition) is 0. The van der Waals surface area contributed by atoms with E-state index in [9.17, 15) is 0 Å². The number of terminal acetylenes is 1. The van der Waals surface area contributed by atoms with E-state index in [1.807, 2.05) is 19.1 Å². The van der Waals surface area contributed by atoms with E-state index in [0.29, 0.717) is 0 Å². The molecule has 0 aliphatic carbocycles. The number of fused-ring (bicyclic) bond motifs is 2. The first-order valence-electron chi connectivity index (χ1n) is 8.55. The molecule has 26 heavy (non-hydrogen) atoms. The summed E-state index contributed by atoms with van der Waals surface area (Å²) in [7, 11) is 0. The molecule has 0 saturated carbocycles. The van der Waals surface area contributed by atoms with Gasteiger partial charge >= 0.3 is 0 Å². The summed E-state index contributed by atoms with van der Waals surface area (Å²) in [6, 6.07) is 24.0. The molecule has 0 heterocycles. The van der Waals surface area contributed by atoms with Crippen LogP contribution in [0.15, 0.2) is 72.8 Å². The molecule has 0 amide bonds. The van der Waals surface area contributed by atoms with Gasteiger partial charge in [-0.1, -0.05) is 54.5 Å². The molecule has 0 aromatic heterocycles. The van der Waals surface area contributed by atoms with Crippen molar-refractivity contribution in [1.82, 2.24) is 0 Å². The van der Waals surface area contributed by atoms with Crippen LogP contribution >= 0.6 is 22.6 Å².